The van der Waals surface area contributed by atoms with Crippen LogP contribution in [0.3, 0.4) is 0 Å². The van der Waals surface area contributed by atoms with E-state index in [0.29, 0.717) is 19.2 Å². The number of carbonyl (C=O) groups excluding carboxylic acids is 1. The molecule has 1 aliphatic rings. The summed E-state index contributed by atoms with van der Waals surface area (Å²) in [7, 11) is -3.66. The van der Waals surface area contributed by atoms with Gasteiger partial charge < -0.3 is 0 Å². The van der Waals surface area contributed by atoms with Crippen LogP contribution in [-0.4, -0.2) is 37.9 Å². The van der Waals surface area contributed by atoms with E-state index in [0.717, 1.165) is 31.5 Å². The minimum Gasteiger partial charge on any atom is -0.267 e. The predicted molar refractivity (Wildman–Crippen MR) is 100 cm³/mol. The highest BCUT2D eigenvalue weighted by Gasteiger charge is 2.26. The molecule has 28 heavy (non-hydrogen) atoms. The molecule has 0 bridgehead atoms. The van der Waals surface area contributed by atoms with Crippen LogP contribution in [0, 0.1) is 11.6 Å². The Labute approximate surface area is 161 Å². The number of carbonyl (C=O) groups is 1. The molecule has 1 aliphatic heterocycles. The van der Waals surface area contributed by atoms with Crippen molar-refractivity contribution in [2.45, 2.75) is 24.2 Å². The van der Waals surface area contributed by atoms with E-state index in [9.17, 15) is 22.0 Å². The number of benzene rings is 2. The van der Waals surface area contributed by atoms with Crippen molar-refractivity contribution < 1.29 is 22.0 Å². The van der Waals surface area contributed by atoms with Crippen molar-refractivity contribution in [1.82, 2.24) is 9.73 Å². The van der Waals surface area contributed by atoms with Gasteiger partial charge in [0.15, 0.2) is 0 Å². The van der Waals surface area contributed by atoms with Crippen LogP contribution in [0.4, 0.5) is 8.78 Å². The lowest BCUT2D eigenvalue weighted by Gasteiger charge is -2.25. The maximum absolute atomic E-state index is 13.5. The summed E-state index contributed by atoms with van der Waals surface area (Å²) >= 11 is 0. The highest BCUT2D eigenvalue weighted by atomic mass is 32.2. The molecule has 3 rings (SSSR count). The molecule has 1 heterocycles. The SMILES string of the molecule is O=C(N/N=C\c1ccc(F)cc1F)c1cccc(S(=O)(=O)N2CCCCC2)c1. The second-order valence-electron chi connectivity index (χ2n) is 6.36. The fourth-order valence-electron chi connectivity index (χ4n) is 2.88. The Kier molecular flexibility index (Phi) is 6.15. The monoisotopic (exact) mass is 407 g/mol. The Morgan fingerprint density at radius 3 is 2.54 bits per heavy atom. The molecule has 2 aromatic carbocycles. The van der Waals surface area contributed by atoms with Crippen LogP contribution in [0.5, 0.6) is 0 Å². The summed E-state index contributed by atoms with van der Waals surface area (Å²) in [5.41, 5.74) is 2.32. The van der Waals surface area contributed by atoms with Gasteiger partial charge in [-0.05, 0) is 43.2 Å². The molecule has 148 valence electrons. The Morgan fingerprint density at radius 2 is 1.82 bits per heavy atom. The van der Waals surface area contributed by atoms with Gasteiger partial charge in [-0.15, -0.1) is 0 Å². The largest absolute Gasteiger partial charge is 0.271 e. The van der Waals surface area contributed by atoms with Gasteiger partial charge in [-0.3, -0.25) is 4.79 Å². The first kappa shape index (κ1) is 20.1. The number of hydrazone groups is 1. The number of sulfonamides is 1. The van der Waals surface area contributed by atoms with E-state index >= 15 is 0 Å². The van der Waals surface area contributed by atoms with Gasteiger partial charge in [-0.2, -0.15) is 9.41 Å². The molecule has 0 unspecified atom stereocenters. The average molecular weight is 407 g/mol. The van der Waals surface area contributed by atoms with Gasteiger partial charge in [0.25, 0.3) is 5.91 Å². The quantitative estimate of drug-likeness (QED) is 0.612. The van der Waals surface area contributed by atoms with E-state index in [2.05, 4.69) is 10.5 Å². The minimum absolute atomic E-state index is 0.00290. The van der Waals surface area contributed by atoms with Crippen LogP contribution in [0.25, 0.3) is 0 Å². The molecule has 1 fully saturated rings. The maximum Gasteiger partial charge on any atom is 0.271 e. The molecule has 1 amide bonds. The molecule has 2 aromatic rings. The van der Waals surface area contributed by atoms with Crippen LogP contribution in [0.15, 0.2) is 52.5 Å². The van der Waals surface area contributed by atoms with Crippen LogP contribution < -0.4 is 5.43 Å². The smallest absolute Gasteiger partial charge is 0.267 e. The standard InChI is InChI=1S/C19H19F2N3O3S/c20-16-8-7-15(18(21)12-16)13-22-23-19(25)14-5-4-6-17(11-14)28(26,27)24-9-2-1-3-10-24/h4-8,11-13H,1-3,9-10H2,(H,23,25)/b22-13-. The van der Waals surface area contributed by atoms with Crippen LogP contribution in [-0.2, 0) is 10.0 Å². The first-order valence-corrected chi connectivity index (χ1v) is 10.2. The average Bonchev–Trinajstić information content (AvgIpc) is 2.70. The van der Waals surface area contributed by atoms with E-state index in [1.807, 2.05) is 0 Å². The number of hydrogen-bond acceptors (Lipinski definition) is 4. The molecule has 0 saturated carbocycles. The highest BCUT2D eigenvalue weighted by molar-refractivity contribution is 7.89. The Hall–Kier alpha value is -2.65. The molecule has 0 aromatic heterocycles. The molecule has 1 N–H and O–H groups in total. The van der Waals surface area contributed by atoms with E-state index in [1.165, 1.54) is 34.6 Å². The summed E-state index contributed by atoms with van der Waals surface area (Å²) in [4.78, 5) is 12.3. The van der Waals surface area contributed by atoms with Gasteiger partial charge in [0.1, 0.15) is 11.6 Å². The lowest BCUT2D eigenvalue weighted by molar-refractivity contribution is 0.0955. The third-order valence-electron chi connectivity index (χ3n) is 4.38. The summed E-state index contributed by atoms with van der Waals surface area (Å²) < 4.78 is 53.3. The normalized spacial score (nSPS) is 15.6. The summed E-state index contributed by atoms with van der Waals surface area (Å²) in [6.07, 6.45) is 3.67. The van der Waals surface area contributed by atoms with Gasteiger partial charge in [0, 0.05) is 30.3 Å². The van der Waals surface area contributed by atoms with Crippen molar-refractivity contribution in [1.29, 1.82) is 0 Å². The number of halogens is 2. The second-order valence-corrected chi connectivity index (χ2v) is 8.30. The van der Waals surface area contributed by atoms with Gasteiger partial charge in [0.05, 0.1) is 11.1 Å². The zero-order valence-corrected chi connectivity index (χ0v) is 15.8. The number of nitrogens with one attached hydrogen (secondary N) is 1. The zero-order chi connectivity index (χ0) is 20.1. The van der Waals surface area contributed by atoms with Gasteiger partial charge in [-0.1, -0.05) is 12.5 Å². The van der Waals surface area contributed by atoms with E-state index in [4.69, 9.17) is 0 Å². The molecule has 0 spiro atoms. The van der Waals surface area contributed by atoms with Crippen molar-refractivity contribution in [3.63, 3.8) is 0 Å². The summed E-state index contributed by atoms with van der Waals surface area (Å²) in [5.74, 6) is -2.17. The predicted octanol–water partition coefficient (Wildman–Crippen LogP) is 2.90. The second kappa shape index (κ2) is 8.57. The number of amides is 1. The molecule has 0 aliphatic carbocycles. The first-order chi connectivity index (χ1) is 13.4. The molecule has 6 nitrogen and oxygen atoms in total. The molecule has 9 heteroatoms. The first-order valence-electron chi connectivity index (χ1n) is 8.76. The number of nitrogens with zero attached hydrogens (tertiary/aromatic N) is 2. The third-order valence-corrected chi connectivity index (χ3v) is 6.28. The van der Waals surface area contributed by atoms with Crippen molar-refractivity contribution in [3.8, 4) is 0 Å². The number of hydrogen-bond donors (Lipinski definition) is 1. The number of piperidine rings is 1. The van der Waals surface area contributed by atoms with Gasteiger partial charge >= 0.3 is 0 Å². The Morgan fingerprint density at radius 1 is 1.07 bits per heavy atom. The summed E-state index contributed by atoms with van der Waals surface area (Å²) in [6, 6.07) is 8.63. The van der Waals surface area contributed by atoms with Gasteiger partial charge in [-0.25, -0.2) is 22.6 Å². The van der Waals surface area contributed by atoms with E-state index < -0.39 is 27.6 Å². The third kappa shape index (κ3) is 4.60. The molecule has 0 radical (unpaired) electrons. The molecule has 0 atom stereocenters. The summed E-state index contributed by atoms with van der Waals surface area (Å²) in [5, 5.41) is 3.64. The fourth-order valence-corrected chi connectivity index (χ4v) is 4.45. The molecule has 1 saturated heterocycles. The van der Waals surface area contributed by atoms with Crippen LogP contribution in [0.2, 0.25) is 0 Å². The van der Waals surface area contributed by atoms with E-state index in [1.54, 1.807) is 0 Å². The lowest BCUT2D eigenvalue weighted by Crippen LogP contribution is -2.35. The van der Waals surface area contributed by atoms with E-state index in [-0.39, 0.29) is 16.0 Å². The zero-order valence-electron chi connectivity index (χ0n) is 14.9. The molecular formula is C19H19F2N3O3S. The van der Waals surface area contributed by atoms with Crippen molar-refractivity contribution in [2.75, 3.05) is 13.1 Å². The maximum atomic E-state index is 13.5. The van der Waals surface area contributed by atoms with Crippen molar-refractivity contribution >= 4 is 22.1 Å². The highest BCUT2D eigenvalue weighted by Crippen LogP contribution is 2.21. The van der Waals surface area contributed by atoms with Crippen LogP contribution >= 0.6 is 0 Å². The van der Waals surface area contributed by atoms with Crippen LogP contribution in [0.1, 0.15) is 35.2 Å². The minimum atomic E-state index is -3.66. The molecular weight excluding hydrogens is 388 g/mol. The van der Waals surface area contributed by atoms with Gasteiger partial charge in [0.2, 0.25) is 10.0 Å². The number of rotatable bonds is 5. The van der Waals surface area contributed by atoms with Crippen molar-refractivity contribution in [3.05, 3.63) is 65.2 Å². The summed E-state index contributed by atoms with van der Waals surface area (Å²) in [6.45, 7) is 0.929. The lowest BCUT2D eigenvalue weighted by atomic mass is 10.2. The topological polar surface area (TPSA) is 78.8 Å². The fraction of sp³-hybridized carbons (Fsp3) is 0.263. The van der Waals surface area contributed by atoms with Crippen molar-refractivity contribution in [2.24, 2.45) is 5.10 Å². The Balaban J connectivity index is 1.72. The Bertz CT molecular complexity index is 1000.